The van der Waals surface area contributed by atoms with E-state index in [2.05, 4.69) is 25.3 Å². The number of aromatic amines is 1. The second-order valence-electron chi connectivity index (χ2n) is 10.5. The standard InChI is InChI=1S/C25H32ClN7O5/c1-13(2)19-20(14(3)28-12-29-19)33-21-18(22(34)31-23(33)35)16(9-17(26)30-21)37-11-15-10-32(8-7-27-15)24(36)38-25(4,5)6/h9,12-13,15,27H,7-8,10-11H2,1-6H3,(H,31,34,35)/t15-/m1/s1. The van der Waals surface area contributed by atoms with E-state index in [1.54, 1.807) is 11.8 Å². The molecular formula is C25H32ClN7O5. The Balaban J connectivity index is 1.71. The number of nitrogens with zero attached hydrogens (tertiary/aromatic N) is 5. The van der Waals surface area contributed by atoms with Crippen molar-refractivity contribution in [2.75, 3.05) is 26.2 Å². The quantitative estimate of drug-likeness (QED) is 0.462. The number of carbonyl (C=O) groups is 1. The van der Waals surface area contributed by atoms with E-state index in [9.17, 15) is 14.4 Å². The highest BCUT2D eigenvalue weighted by Gasteiger charge is 2.28. The number of ether oxygens (including phenoxy) is 2. The topological polar surface area (TPSA) is 144 Å². The minimum Gasteiger partial charge on any atom is -0.491 e. The van der Waals surface area contributed by atoms with Gasteiger partial charge in [0.2, 0.25) is 0 Å². The fraction of sp³-hybridized carbons (Fsp3) is 0.520. The van der Waals surface area contributed by atoms with Crippen LogP contribution in [0.15, 0.2) is 22.0 Å². The number of rotatable bonds is 5. The number of nitrogens with one attached hydrogen (secondary N) is 2. The molecule has 204 valence electrons. The fourth-order valence-corrected chi connectivity index (χ4v) is 4.47. The van der Waals surface area contributed by atoms with Crippen molar-refractivity contribution in [3.8, 4) is 11.4 Å². The number of fused-ring (bicyclic) bond motifs is 1. The minimum absolute atomic E-state index is 0.0352. The molecule has 1 aliphatic rings. The highest BCUT2D eigenvalue weighted by Crippen LogP contribution is 2.28. The van der Waals surface area contributed by atoms with Gasteiger partial charge in [-0.2, -0.15) is 0 Å². The maximum Gasteiger partial charge on any atom is 0.410 e. The molecule has 0 aliphatic carbocycles. The van der Waals surface area contributed by atoms with E-state index in [0.29, 0.717) is 36.7 Å². The normalized spacial score (nSPS) is 16.2. The summed E-state index contributed by atoms with van der Waals surface area (Å²) in [6.07, 6.45) is 1.03. The molecule has 1 aliphatic heterocycles. The molecule has 0 saturated carbocycles. The molecule has 1 saturated heterocycles. The maximum atomic E-state index is 13.1. The summed E-state index contributed by atoms with van der Waals surface area (Å²) >= 11 is 6.34. The van der Waals surface area contributed by atoms with Gasteiger partial charge in [0, 0.05) is 25.7 Å². The zero-order chi connectivity index (χ0) is 27.8. The summed E-state index contributed by atoms with van der Waals surface area (Å²) in [5, 5.41) is 3.41. The van der Waals surface area contributed by atoms with Gasteiger partial charge < -0.3 is 19.7 Å². The van der Waals surface area contributed by atoms with Gasteiger partial charge in [-0.1, -0.05) is 25.4 Å². The molecule has 1 fully saturated rings. The number of piperazine rings is 1. The highest BCUT2D eigenvalue weighted by atomic mass is 35.5. The molecule has 0 aromatic carbocycles. The van der Waals surface area contributed by atoms with Crippen LogP contribution < -0.4 is 21.3 Å². The Kier molecular flexibility index (Phi) is 7.75. The fourth-order valence-electron chi connectivity index (χ4n) is 4.29. The van der Waals surface area contributed by atoms with Gasteiger partial charge in [0.1, 0.15) is 34.8 Å². The second kappa shape index (κ2) is 10.7. The summed E-state index contributed by atoms with van der Waals surface area (Å²) in [5.41, 5.74) is -0.333. The summed E-state index contributed by atoms with van der Waals surface area (Å²) in [6, 6.07) is 1.20. The Labute approximate surface area is 224 Å². The number of pyridine rings is 1. The zero-order valence-corrected chi connectivity index (χ0v) is 23.0. The first-order valence-electron chi connectivity index (χ1n) is 12.4. The van der Waals surface area contributed by atoms with Crippen LogP contribution in [0.25, 0.3) is 16.7 Å². The Bertz CT molecular complexity index is 1480. The highest BCUT2D eigenvalue weighted by molar-refractivity contribution is 6.30. The molecule has 0 bridgehead atoms. The summed E-state index contributed by atoms with van der Waals surface area (Å²) in [6.45, 7) is 12.6. The van der Waals surface area contributed by atoms with Gasteiger partial charge in [-0.05, 0) is 33.6 Å². The molecule has 0 spiro atoms. The smallest absolute Gasteiger partial charge is 0.410 e. The molecule has 2 N–H and O–H groups in total. The van der Waals surface area contributed by atoms with Crippen molar-refractivity contribution in [3.05, 3.63) is 49.8 Å². The lowest BCUT2D eigenvalue weighted by atomic mass is 10.1. The van der Waals surface area contributed by atoms with Crippen molar-refractivity contribution in [2.45, 2.75) is 59.1 Å². The van der Waals surface area contributed by atoms with Gasteiger partial charge in [-0.15, -0.1) is 0 Å². The van der Waals surface area contributed by atoms with Crippen molar-refractivity contribution in [1.82, 2.24) is 34.7 Å². The lowest BCUT2D eigenvalue weighted by Gasteiger charge is -2.34. The van der Waals surface area contributed by atoms with E-state index in [0.717, 1.165) is 0 Å². The van der Waals surface area contributed by atoms with Crippen molar-refractivity contribution >= 4 is 28.7 Å². The van der Waals surface area contributed by atoms with Crippen molar-refractivity contribution < 1.29 is 14.3 Å². The first kappa shape index (κ1) is 27.5. The van der Waals surface area contributed by atoms with Crippen LogP contribution in [-0.4, -0.2) is 73.4 Å². The van der Waals surface area contributed by atoms with Crippen LogP contribution in [0.1, 0.15) is 51.9 Å². The monoisotopic (exact) mass is 545 g/mol. The molecule has 12 nitrogen and oxygen atoms in total. The summed E-state index contributed by atoms with van der Waals surface area (Å²) < 4.78 is 12.8. The molecule has 4 heterocycles. The molecule has 13 heteroatoms. The molecule has 0 radical (unpaired) electrons. The minimum atomic E-state index is -0.690. The van der Waals surface area contributed by atoms with Gasteiger partial charge in [0.25, 0.3) is 5.56 Å². The van der Waals surface area contributed by atoms with Gasteiger partial charge in [-0.3, -0.25) is 9.78 Å². The van der Waals surface area contributed by atoms with E-state index in [1.807, 2.05) is 34.6 Å². The van der Waals surface area contributed by atoms with Crippen molar-refractivity contribution in [1.29, 1.82) is 0 Å². The molecule has 4 rings (SSSR count). The average molecular weight is 546 g/mol. The summed E-state index contributed by atoms with van der Waals surface area (Å²) in [7, 11) is 0. The summed E-state index contributed by atoms with van der Waals surface area (Å²) in [4.78, 5) is 55.5. The number of H-pyrrole nitrogens is 1. The van der Waals surface area contributed by atoms with Crippen LogP contribution in [0.5, 0.6) is 5.75 Å². The predicted molar refractivity (Wildman–Crippen MR) is 142 cm³/mol. The summed E-state index contributed by atoms with van der Waals surface area (Å²) in [5.74, 6) is 0.118. The van der Waals surface area contributed by atoms with Crippen LogP contribution in [0, 0.1) is 6.92 Å². The van der Waals surface area contributed by atoms with Gasteiger partial charge in [0.15, 0.2) is 5.65 Å². The van der Waals surface area contributed by atoms with E-state index < -0.39 is 22.9 Å². The Morgan fingerprint density at radius 3 is 2.68 bits per heavy atom. The number of halogens is 1. The molecule has 38 heavy (non-hydrogen) atoms. The third-order valence-corrected chi connectivity index (χ3v) is 6.14. The van der Waals surface area contributed by atoms with E-state index >= 15 is 0 Å². The third kappa shape index (κ3) is 5.81. The second-order valence-corrected chi connectivity index (χ2v) is 10.9. The third-order valence-electron chi connectivity index (χ3n) is 5.95. The first-order valence-corrected chi connectivity index (χ1v) is 12.7. The molecule has 1 atom stereocenters. The molecule has 3 aromatic rings. The number of aromatic nitrogens is 5. The SMILES string of the molecule is Cc1ncnc(C(C)C)c1-n1c(=O)[nH]c(=O)c2c(OC[C@H]3CN(C(=O)OC(C)(C)C)CCN3)cc(Cl)nc21. The number of amides is 1. The van der Waals surface area contributed by atoms with Crippen LogP contribution in [0.3, 0.4) is 0 Å². The zero-order valence-electron chi connectivity index (χ0n) is 22.3. The number of hydrogen-bond donors (Lipinski definition) is 2. The largest absolute Gasteiger partial charge is 0.491 e. The predicted octanol–water partition coefficient (Wildman–Crippen LogP) is 2.54. The van der Waals surface area contributed by atoms with Crippen molar-refractivity contribution in [2.24, 2.45) is 0 Å². The molecule has 1 amide bonds. The van der Waals surface area contributed by atoms with Crippen LogP contribution in [-0.2, 0) is 4.74 Å². The van der Waals surface area contributed by atoms with Crippen LogP contribution in [0.2, 0.25) is 5.15 Å². The van der Waals surface area contributed by atoms with Gasteiger partial charge >= 0.3 is 11.8 Å². The van der Waals surface area contributed by atoms with Crippen LogP contribution in [0.4, 0.5) is 4.79 Å². The van der Waals surface area contributed by atoms with E-state index in [1.165, 1.54) is 17.0 Å². The maximum absolute atomic E-state index is 13.1. The van der Waals surface area contributed by atoms with E-state index in [-0.39, 0.29) is 40.5 Å². The Morgan fingerprint density at radius 1 is 1.26 bits per heavy atom. The van der Waals surface area contributed by atoms with Crippen molar-refractivity contribution in [3.63, 3.8) is 0 Å². The van der Waals surface area contributed by atoms with Gasteiger partial charge in [-0.25, -0.2) is 29.1 Å². The number of aryl methyl sites for hydroxylation is 1. The van der Waals surface area contributed by atoms with Crippen LogP contribution >= 0.6 is 11.6 Å². The lowest BCUT2D eigenvalue weighted by Crippen LogP contribution is -2.55. The van der Waals surface area contributed by atoms with E-state index in [4.69, 9.17) is 21.1 Å². The van der Waals surface area contributed by atoms with Gasteiger partial charge in [0.05, 0.1) is 23.1 Å². The first-order chi connectivity index (χ1) is 17.9. The molecule has 3 aromatic heterocycles. The molecular weight excluding hydrogens is 514 g/mol. The Morgan fingerprint density at radius 2 is 2.00 bits per heavy atom. The average Bonchev–Trinajstić information content (AvgIpc) is 2.82. The lowest BCUT2D eigenvalue weighted by molar-refractivity contribution is 0.0178. The number of hydrogen-bond acceptors (Lipinski definition) is 9. The number of carbonyl (C=O) groups excluding carboxylic acids is 1. The molecule has 0 unspecified atom stereocenters. The Hall–Kier alpha value is -3.51.